The lowest BCUT2D eigenvalue weighted by molar-refractivity contribution is 0.0956. The summed E-state index contributed by atoms with van der Waals surface area (Å²) in [6.45, 7) is 2.68. The molecule has 0 saturated carbocycles. The fourth-order valence-electron chi connectivity index (χ4n) is 2.92. The molecule has 0 radical (unpaired) electrons. The Kier molecular flexibility index (Phi) is 3.80. The number of carbonyl (C=O) groups excluding carboxylic acids is 1. The summed E-state index contributed by atoms with van der Waals surface area (Å²) in [5, 5.41) is 6.24. The first-order valence-electron chi connectivity index (χ1n) is 7.32. The number of carbonyl (C=O) groups is 1. The van der Waals surface area contributed by atoms with Crippen LogP contribution in [-0.4, -0.2) is 19.5 Å². The zero-order valence-corrected chi connectivity index (χ0v) is 12.4. The molecule has 2 heterocycles. The standard InChI is InChI=1S/C17H20N2O2/c1-11-8-14(10-21-11)16(18-2)13-6-5-12-4-3-7-19-17(20)15(12)9-13/h5-6,8-10,16,18H,3-4,7H2,1-2H3,(H,19,20). The molecule has 1 aliphatic heterocycles. The van der Waals surface area contributed by atoms with Crippen LogP contribution in [0.1, 0.15) is 45.3 Å². The van der Waals surface area contributed by atoms with Crippen LogP contribution in [0.25, 0.3) is 0 Å². The summed E-state index contributed by atoms with van der Waals surface area (Å²) in [5.74, 6) is 0.917. The summed E-state index contributed by atoms with van der Waals surface area (Å²) in [6.07, 6.45) is 3.71. The Labute approximate surface area is 124 Å². The number of amides is 1. The molecule has 4 nitrogen and oxygen atoms in total. The molecule has 0 aliphatic carbocycles. The number of aryl methyl sites for hydroxylation is 2. The zero-order chi connectivity index (χ0) is 14.8. The van der Waals surface area contributed by atoms with E-state index in [1.54, 1.807) is 6.26 Å². The maximum Gasteiger partial charge on any atom is 0.251 e. The number of furan rings is 1. The van der Waals surface area contributed by atoms with Crippen molar-refractivity contribution in [3.8, 4) is 0 Å². The molecule has 110 valence electrons. The van der Waals surface area contributed by atoms with E-state index in [-0.39, 0.29) is 11.9 Å². The molecule has 0 fully saturated rings. The fourth-order valence-corrected chi connectivity index (χ4v) is 2.92. The van der Waals surface area contributed by atoms with Gasteiger partial charge < -0.3 is 15.1 Å². The lowest BCUT2D eigenvalue weighted by Crippen LogP contribution is -2.23. The van der Waals surface area contributed by atoms with E-state index in [2.05, 4.69) is 22.8 Å². The summed E-state index contributed by atoms with van der Waals surface area (Å²) in [5.41, 5.74) is 4.08. The Bertz CT molecular complexity index is 661. The second-order valence-corrected chi connectivity index (χ2v) is 5.49. The molecule has 1 aliphatic rings. The van der Waals surface area contributed by atoms with E-state index < -0.39 is 0 Å². The van der Waals surface area contributed by atoms with Crippen molar-refractivity contribution in [2.24, 2.45) is 0 Å². The zero-order valence-electron chi connectivity index (χ0n) is 12.4. The van der Waals surface area contributed by atoms with Crippen LogP contribution in [0.2, 0.25) is 0 Å². The van der Waals surface area contributed by atoms with Crippen molar-refractivity contribution in [3.63, 3.8) is 0 Å². The number of rotatable bonds is 3. The monoisotopic (exact) mass is 284 g/mol. The molecule has 21 heavy (non-hydrogen) atoms. The van der Waals surface area contributed by atoms with Crippen LogP contribution in [0.3, 0.4) is 0 Å². The summed E-state index contributed by atoms with van der Waals surface area (Å²) < 4.78 is 5.40. The molecule has 1 unspecified atom stereocenters. The third kappa shape index (κ3) is 2.72. The van der Waals surface area contributed by atoms with Crippen LogP contribution in [0.15, 0.2) is 34.9 Å². The van der Waals surface area contributed by atoms with E-state index in [1.165, 1.54) is 0 Å². The van der Waals surface area contributed by atoms with E-state index >= 15 is 0 Å². The lowest BCUT2D eigenvalue weighted by atomic mass is 9.95. The molecule has 0 saturated heterocycles. The van der Waals surface area contributed by atoms with Crippen LogP contribution in [0.4, 0.5) is 0 Å². The van der Waals surface area contributed by atoms with Crippen molar-refractivity contribution in [1.82, 2.24) is 10.6 Å². The lowest BCUT2D eigenvalue weighted by Gasteiger charge is -2.17. The van der Waals surface area contributed by atoms with Crippen molar-refractivity contribution >= 4 is 5.91 Å². The number of hydrogen-bond acceptors (Lipinski definition) is 3. The van der Waals surface area contributed by atoms with Gasteiger partial charge in [-0.1, -0.05) is 12.1 Å². The van der Waals surface area contributed by atoms with Gasteiger partial charge in [-0.05, 0) is 50.1 Å². The Morgan fingerprint density at radius 1 is 1.29 bits per heavy atom. The van der Waals surface area contributed by atoms with Crippen LogP contribution in [0, 0.1) is 6.92 Å². The SMILES string of the molecule is CNC(c1coc(C)c1)c1ccc2c(c1)C(=O)NCCC2. The summed E-state index contributed by atoms with van der Waals surface area (Å²) in [4.78, 5) is 12.2. The van der Waals surface area contributed by atoms with Crippen molar-refractivity contribution in [3.05, 3.63) is 58.5 Å². The van der Waals surface area contributed by atoms with Gasteiger partial charge in [0, 0.05) is 17.7 Å². The number of fused-ring (bicyclic) bond motifs is 1. The van der Waals surface area contributed by atoms with Crippen molar-refractivity contribution in [2.75, 3.05) is 13.6 Å². The first-order chi connectivity index (χ1) is 10.2. The van der Waals surface area contributed by atoms with Crippen molar-refractivity contribution < 1.29 is 9.21 Å². The van der Waals surface area contributed by atoms with Crippen molar-refractivity contribution in [1.29, 1.82) is 0 Å². The van der Waals surface area contributed by atoms with Gasteiger partial charge in [0.15, 0.2) is 0 Å². The number of benzene rings is 1. The molecule has 3 rings (SSSR count). The average molecular weight is 284 g/mol. The summed E-state index contributed by atoms with van der Waals surface area (Å²) in [6, 6.07) is 8.23. The molecular weight excluding hydrogens is 264 g/mol. The molecule has 2 N–H and O–H groups in total. The second kappa shape index (κ2) is 5.74. The van der Waals surface area contributed by atoms with E-state index in [1.807, 2.05) is 26.1 Å². The topological polar surface area (TPSA) is 54.3 Å². The molecule has 0 spiro atoms. The largest absolute Gasteiger partial charge is 0.469 e. The van der Waals surface area contributed by atoms with Gasteiger partial charge in [0.2, 0.25) is 0 Å². The van der Waals surface area contributed by atoms with E-state index in [4.69, 9.17) is 4.42 Å². The number of nitrogens with one attached hydrogen (secondary N) is 2. The quantitative estimate of drug-likeness (QED) is 0.911. The average Bonchev–Trinajstić information content (AvgIpc) is 2.82. The van der Waals surface area contributed by atoms with Crippen LogP contribution >= 0.6 is 0 Å². The van der Waals surface area contributed by atoms with Crippen LogP contribution in [0.5, 0.6) is 0 Å². The van der Waals surface area contributed by atoms with Gasteiger partial charge in [-0.2, -0.15) is 0 Å². The van der Waals surface area contributed by atoms with Crippen LogP contribution in [-0.2, 0) is 6.42 Å². The minimum absolute atomic E-state index is 0.0302. The molecule has 1 aromatic carbocycles. The minimum atomic E-state index is 0.0302. The molecule has 1 atom stereocenters. The first kappa shape index (κ1) is 13.9. The van der Waals surface area contributed by atoms with Gasteiger partial charge in [0.25, 0.3) is 5.91 Å². The van der Waals surface area contributed by atoms with Gasteiger partial charge in [-0.15, -0.1) is 0 Å². The smallest absolute Gasteiger partial charge is 0.251 e. The third-order valence-corrected chi connectivity index (χ3v) is 3.99. The maximum absolute atomic E-state index is 12.2. The highest BCUT2D eigenvalue weighted by molar-refractivity contribution is 5.96. The minimum Gasteiger partial charge on any atom is -0.469 e. The molecular formula is C17H20N2O2. The van der Waals surface area contributed by atoms with Crippen molar-refractivity contribution in [2.45, 2.75) is 25.8 Å². The highest BCUT2D eigenvalue weighted by Gasteiger charge is 2.19. The van der Waals surface area contributed by atoms with E-state index in [9.17, 15) is 4.79 Å². The van der Waals surface area contributed by atoms with Gasteiger partial charge in [0.05, 0.1) is 12.3 Å². The fraction of sp³-hybridized carbons (Fsp3) is 0.353. The highest BCUT2D eigenvalue weighted by Crippen LogP contribution is 2.26. The summed E-state index contributed by atoms with van der Waals surface area (Å²) in [7, 11) is 1.92. The molecule has 1 aromatic heterocycles. The van der Waals surface area contributed by atoms with Gasteiger partial charge in [-0.25, -0.2) is 0 Å². The Morgan fingerprint density at radius 2 is 2.14 bits per heavy atom. The Morgan fingerprint density at radius 3 is 2.86 bits per heavy atom. The van der Waals surface area contributed by atoms with Crippen LogP contribution < -0.4 is 10.6 Å². The first-order valence-corrected chi connectivity index (χ1v) is 7.32. The molecule has 0 bridgehead atoms. The van der Waals surface area contributed by atoms with Gasteiger partial charge in [0.1, 0.15) is 5.76 Å². The maximum atomic E-state index is 12.2. The Balaban J connectivity index is 2.00. The predicted molar refractivity (Wildman–Crippen MR) is 81.4 cm³/mol. The summed E-state index contributed by atoms with van der Waals surface area (Å²) >= 11 is 0. The van der Waals surface area contributed by atoms with Gasteiger partial charge >= 0.3 is 0 Å². The van der Waals surface area contributed by atoms with E-state index in [0.717, 1.165) is 47.4 Å². The normalized spacial score (nSPS) is 16.0. The van der Waals surface area contributed by atoms with Gasteiger partial charge in [-0.3, -0.25) is 4.79 Å². The molecule has 1 amide bonds. The van der Waals surface area contributed by atoms with E-state index in [0.29, 0.717) is 0 Å². The predicted octanol–water partition coefficient (Wildman–Crippen LogP) is 2.57. The third-order valence-electron chi connectivity index (χ3n) is 3.99. The number of hydrogen-bond donors (Lipinski definition) is 2. The molecule has 2 aromatic rings. The highest BCUT2D eigenvalue weighted by atomic mass is 16.3. The molecule has 4 heteroatoms. The second-order valence-electron chi connectivity index (χ2n) is 5.49. The Hall–Kier alpha value is -2.07.